The van der Waals surface area contributed by atoms with E-state index in [2.05, 4.69) is 15.1 Å². The molecule has 2 aliphatic rings. The zero-order chi connectivity index (χ0) is 16.5. The number of phenols is 1. The molecule has 0 bridgehead atoms. The van der Waals surface area contributed by atoms with Gasteiger partial charge in [-0.2, -0.15) is 0 Å². The second-order valence-corrected chi connectivity index (χ2v) is 6.56. The summed E-state index contributed by atoms with van der Waals surface area (Å²) in [6.07, 6.45) is 5.22. The fourth-order valence-corrected chi connectivity index (χ4v) is 3.54. The largest absolute Gasteiger partial charge is 0.508 e. The van der Waals surface area contributed by atoms with Crippen LogP contribution in [0.1, 0.15) is 18.9 Å². The number of nitrogens with zero attached hydrogens (tertiary/aromatic N) is 5. The number of benzene rings is 1. The maximum Gasteiger partial charge on any atom is 0.225 e. The molecule has 24 heavy (non-hydrogen) atoms. The Kier molecular flexibility index (Phi) is 3.84. The van der Waals surface area contributed by atoms with Crippen LogP contribution in [0.5, 0.6) is 5.75 Å². The molecular weight excluding hydrogens is 306 g/mol. The minimum absolute atomic E-state index is 0.137. The standard InChI is InChI=1S/C17H21N5O2/c23-16-3-1-14(2-4-16)20-5-7-21(8-6-20)17(24)13-9-15(10-13)22-11-18-19-12-22/h1-4,11-13,15,23H,5-10H2. The van der Waals surface area contributed by atoms with E-state index >= 15 is 0 Å². The molecule has 1 aromatic carbocycles. The van der Waals surface area contributed by atoms with E-state index in [1.165, 1.54) is 0 Å². The molecule has 0 unspecified atom stereocenters. The van der Waals surface area contributed by atoms with Gasteiger partial charge >= 0.3 is 0 Å². The Morgan fingerprint density at radius 3 is 2.25 bits per heavy atom. The number of carbonyl (C=O) groups is 1. The molecule has 1 aliphatic carbocycles. The van der Waals surface area contributed by atoms with Crippen LogP contribution in [0.25, 0.3) is 0 Å². The van der Waals surface area contributed by atoms with Crippen LogP contribution in [0, 0.1) is 5.92 Å². The molecule has 2 heterocycles. The molecule has 1 N–H and O–H groups in total. The molecule has 2 fully saturated rings. The summed E-state index contributed by atoms with van der Waals surface area (Å²) in [6.45, 7) is 3.18. The number of hydrogen-bond acceptors (Lipinski definition) is 5. The van der Waals surface area contributed by atoms with Crippen molar-refractivity contribution in [1.29, 1.82) is 0 Å². The van der Waals surface area contributed by atoms with Crippen molar-refractivity contribution in [1.82, 2.24) is 19.7 Å². The van der Waals surface area contributed by atoms with Crippen molar-refractivity contribution < 1.29 is 9.90 Å². The maximum absolute atomic E-state index is 12.6. The highest BCUT2D eigenvalue weighted by atomic mass is 16.3. The van der Waals surface area contributed by atoms with Crippen molar-refractivity contribution in [3.8, 4) is 5.75 Å². The zero-order valence-corrected chi connectivity index (χ0v) is 13.5. The lowest BCUT2D eigenvalue weighted by atomic mass is 9.79. The Labute approximate surface area is 140 Å². The second kappa shape index (κ2) is 6.14. The van der Waals surface area contributed by atoms with E-state index in [9.17, 15) is 9.90 Å². The van der Waals surface area contributed by atoms with Crippen molar-refractivity contribution in [2.75, 3.05) is 31.1 Å². The third kappa shape index (κ3) is 2.81. The first-order chi connectivity index (χ1) is 11.7. The zero-order valence-electron chi connectivity index (χ0n) is 13.5. The summed E-state index contributed by atoms with van der Waals surface area (Å²) in [5.74, 6) is 0.697. The number of rotatable bonds is 3. The Bertz CT molecular complexity index is 686. The van der Waals surface area contributed by atoms with E-state index < -0.39 is 0 Å². The van der Waals surface area contributed by atoms with Crippen molar-refractivity contribution in [3.05, 3.63) is 36.9 Å². The maximum atomic E-state index is 12.6. The van der Waals surface area contributed by atoms with Gasteiger partial charge in [0.2, 0.25) is 5.91 Å². The predicted octanol–water partition coefficient (Wildman–Crippen LogP) is 1.28. The molecule has 7 nitrogen and oxygen atoms in total. The number of amides is 1. The van der Waals surface area contributed by atoms with Crippen LogP contribution in [0.3, 0.4) is 0 Å². The van der Waals surface area contributed by atoms with Gasteiger partial charge in [0.1, 0.15) is 18.4 Å². The summed E-state index contributed by atoms with van der Waals surface area (Å²) in [5.41, 5.74) is 1.09. The average Bonchev–Trinajstić information content (AvgIpc) is 3.08. The van der Waals surface area contributed by atoms with Gasteiger partial charge in [0.25, 0.3) is 0 Å². The number of anilines is 1. The number of hydrogen-bond donors (Lipinski definition) is 1. The van der Waals surface area contributed by atoms with Gasteiger partial charge in [-0.1, -0.05) is 0 Å². The first-order valence-electron chi connectivity index (χ1n) is 8.37. The summed E-state index contributed by atoms with van der Waals surface area (Å²) in [6, 6.07) is 7.61. The third-order valence-corrected chi connectivity index (χ3v) is 5.13. The lowest BCUT2D eigenvalue weighted by Gasteiger charge is -2.41. The van der Waals surface area contributed by atoms with E-state index in [0.29, 0.717) is 6.04 Å². The van der Waals surface area contributed by atoms with E-state index in [4.69, 9.17) is 0 Å². The predicted molar refractivity (Wildman–Crippen MR) is 88.7 cm³/mol. The van der Waals surface area contributed by atoms with E-state index in [1.54, 1.807) is 24.8 Å². The minimum Gasteiger partial charge on any atom is -0.508 e. The summed E-state index contributed by atoms with van der Waals surface area (Å²) < 4.78 is 1.99. The molecule has 1 saturated heterocycles. The topological polar surface area (TPSA) is 74.5 Å². The van der Waals surface area contributed by atoms with Crippen LogP contribution < -0.4 is 4.90 Å². The number of phenolic OH excluding ortho intramolecular Hbond substituents is 1. The highest BCUT2D eigenvalue weighted by Crippen LogP contribution is 2.38. The number of aromatic hydroxyl groups is 1. The van der Waals surface area contributed by atoms with Gasteiger partial charge in [-0.3, -0.25) is 4.79 Å². The summed E-state index contributed by atoms with van der Waals surface area (Å²) in [7, 11) is 0. The van der Waals surface area contributed by atoms with Gasteiger partial charge in [-0.25, -0.2) is 0 Å². The first-order valence-corrected chi connectivity index (χ1v) is 8.37. The first kappa shape index (κ1) is 15.0. The minimum atomic E-state index is 0.137. The number of piperazine rings is 1. The molecule has 0 spiro atoms. The van der Waals surface area contributed by atoms with Gasteiger partial charge in [-0.05, 0) is 37.1 Å². The molecule has 0 atom stereocenters. The quantitative estimate of drug-likeness (QED) is 0.919. The monoisotopic (exact) mass is 327 g/mol. The van der Waals surface area contributed by atoms with Crippen molar-refractivity contribution >= 4 is 11.6 Å². The highest BCUT2D eigenvalue weighted by Gasteiger charge is 2.38. The fourth-order valence-electron chi connectivity index (χ4n) is 3.54. The van der Waals surface area contributed by atoms with Crippen molar-refractivity contribution in [2.45, 2.75) is 18.9 Å². The molecule has 1 aliphatic heterocycles. The molecule has 1 saturated carbocycles. The smallest absolute Gasteiger partial charge is 0.225 e. The highest BCUT2D eigenvalue weighted by molar-refractivity contribution is 5.80. The molecule has 1 amide bonds. The second-order valence-electron chi connectivity index (χ2n) is 6.56. The lowest BCUT2D eigenvalue weighted by Crippen LogP contribution is -2.52. The lowest BCUT2D eigenvalue weighted by molar-refractivity contribution is -0.139. The average molecular weight is 327 g/mol. The summed E-state index contributed by atoms with van der Waals surface area (Å²) >= 11 is 0. The Balaban J connectivity index is 1.28. The van der Waals surface area contributed by atoms with E-state index in [0.717, 1.165) is 44.7 Å². The normalized spacial score (nSPS) is 23.8. The van der Waals surface area contributed by atoms with E-state index in [1.807, 2.05) is 21.6 Å². The Morgan fingerprint density at radius 1 is 1.00 bits per heavy atom. The van der Waals surface area contributed by atoms with Crippen molar-refractivity contribution in [2.24, 2.45) is 5.92 Å². The fraction of sp³-hybridized carbons (Fsp3) is 0.471. The molecule has 7 heteroatoms. The SMILES string of the molecule is O=C(C1CC(n2cnnc2)C1)N1CCN(c2ccc(O)cc2)CC1. The van der Waals surface area contributed by atoms with Crippen LogP contribution in [0.4, 0.5) is 5.69 Å². The van der Waals surface area contributed by atoms with Gasteiger partial charge < -0.3 is 19.5 Å². The van der Waals surface area contributed by atoms with Crippen LogP contribution >= 0.6 is 0 Å². The van der Waals surface area contributed by atoms with Gasteiger partial charge in [0.05, 0.1) is 0 Å². The van der Waals surface area contributed by atoms with Gasteiger partial charge in [0.15, 0.2) is 0 Å². The molecule has 4 rings (SSSR count). The molecule has 0 radical (unpaired) electrons. The Hall–Kier alpha value is -2.57. The molecular formula is C17H21N5O2. The molecule has 1 aromatic heterocycles. The van der Waals surface area contributed by atoms with Crippen LogP contribution in [-0.2, 0) is 4.79 Å². The third-order valence-electron chi connectivity index (χ3n) is 5.13. The summed E-state index contributed by atoms with van der Waals surface area (Å²) in [5, 5.41) is 17.0. The van der Waals surface area contributed by atoms with E-state index in [-0.39, 0.29) is 17.6 Å². The summed E-state index contributed by atoms with van der Waals surface area (Å²) in [4.78, 5) is 16.9. The molecule has 2 aromatic rings. The van der Waals surface area contributed by atoms with Crippen LogP contribution in [0.2, 0.25) is 0 Å². The number of aromatic nitrogens is 3. The van der Waals surface area contributed by atoms with Gasteiger partial charge in [0, 0.05) is 43.8 Å². The van der Waals surface area contributed by atoms with Gasteiger partial charge in [-0.15, -0.1) is 10.2 Å². The van der Waals surface area contributed by atoms with Crippen molar-refractivity contribution in [3.63, 3.8) is 0 Å². The van der Waals surface area contributed by atoms with Crippen LogP contribution in [-0.4, -0.2) is 56.9 Å². The Morgan fingerprint density at radius 2 is 1.62 bits per heavy atom. The molecule has 126 valence electrons. The van der Waals surface area contributed by atoms with Crippen LogP contribution in [0.15, 0.2) is 36.9 Å². The number of carbonyl (C=O) groups excluding carboxylic acids is 1.